The minimum atomic E-state index is -4.65. The first-order chi connectivity index (χ1) is 17.4. The smallest absolute Gasteiger partial charge is 0.480 e. The van der Waals surface area contributed by atoms with Gasteiger partial charge in [0.05, 0.1) is 13.2 Å². The average Bonchev–Trinajstić information content (AvgIpc) is 2.78. The molecule has 0 aromatic heterocycles. The van der Waals surface area contributed by atoms with Gasteiger partial charge in [0.1, 0.15) is 6.04 Å². The van der Waals surface area contributed by atoms with Crippen LogP contribution < -0.4 is 5.73 Å². The maximum Gasteiger partial charge on any atom is 0.510 e. The van der Waals surface area contributed by atoms with Crippen LogP contribution in [0.1, 0.15) is 79.6 Å². The number of guanidine groups is 1. The number of ether oxygens (including phenoxy) is 4. The van der Waals surface area contributed by atoms with Gasteiger partial charge in [-0.1, -0.05) is 46.5 Å². The molecule has 0 aliphatic heterocycles. The van der Waals surface area contributed by atoms with Gasteiger partial charge in [0.15, 0.2) is 0 Å². The lowest BCUT2D eigenvalue weighted by Crippen LogP contribution is -2.46. The Bertz CT molecular complexity index is 745. The van der Waals surface area contributed by atoms with E-state index < -0.39 is 50.6 Å². The molecule has 3 N–H and O–H groups in total. The molecule has 15 heteroatoms. The standard InChI is InChI=1S/C22H42N3O11P/c1-7-10-13-18(19(26)27)25(6)20(23)24-37(30,35-16(4)33-21(28)31-14-11-8-2)36-17(5)34-22(29)32-15-12-9-3/h16-18H,7-15H2,1-6H3,(H,26,27)(H2,23,24,30). The maximum atomic E-state index is 13.5. The zero-order valence-corrected chi connectivity index (χ0v) is 23.4. The third-order valence-electron chi connectivity index (χ3n) is 4.69. The van der Waals surface area contributed by atoms with Crippen molar-refractivity contribution in [2.24, 2.45) is 10.5 Å². The quantitative estimate of drug-likeness (QED) is 0.0596. The van der Waals surface area contributed by atoms with Crippen LogP contribution in [0.25, 0.3) is 0 Å². The van der Waals surface area contributed by atoms with Gasteiger partial charge >= 0.3 is 26.0 Å². The molecule has 0 heterocycles. The Morgan fingerprint density at radius 3 is 1.70 bits per heavy atom. The second-order valence-electron chi connectivity index (χ2n) is 8.02. The van der Waals surface area contributed by atoms with Crippen molar-refractivity contribution < 1.29 is 52.1 Å². The number of hydrogen-bond donors (Lipinski definition) is 2. The zero-order valence-electron chi connectivity index (χ0n) is 22.5. The molecule has 216 valence electrons. The van der Waals surface area contributed by atoms with E-state index in [4.69, 9.17) is 33.7 Å². The minimum absolute atomic E-state index is 0.117. The molecule has 0 radical (unpaired) electrons. The predicted octanol–water partition coefficient (Wildman–Crippen LogP) is 4.62. The van der Waals surface area contributed by atoms with E-state index in [1.165, 1.54) is 20.9 Å². The van der Waals surface area contributed by atoms with Crippen molar-refractivity contribution >= 4 is 32.0 Å². The van der Waals surface area contributed by atoms with Crippen LogP contribution in [0, 0.1) is 0 Å². The number of carbonyl (C=O) groups excluding carboxylic acids is 2. The monoisotopic (exact) mass is 555 g/mol. The molecule has 3 unspecified atom stereocenters. The molecular formula is C22H42N3O11P. The summed E-state index contributed by atoms with van der Waals surface area (Å²) in [5.41, 5.74) is 5.95. The van der Waals surface area contributed by atoms with Crippen LogP contribution in [-0.2, 0) is 37.4 Å². The van der Waals surface area contributed by atoms with Crippen LogP contribution in [0.2, 0.25) is 0 Å². The largest absolute Gasteiger partial charge is 0.510 e. The first kappa shape index (κ1) is 34.4. The van der Waals surface area contributed by atoms with Crippen LogP contribution in [0.4, 0.5) is 9.59 Å². The molecular weight excluding hydrogens is 513 g/mol. The number of carboxylic acid groups (broad SMARTS) is 1. The zero-order chi connectivity index (χ0) is 28.4. The molecule has 14 nitrogen and oxygen atoms in total. The number of nitrogens with zero attached hydrogens (tertiary/aromatic N) is 2. The van der Waals surface area contributed by atoms with Crippen molar-refractivity contribution in [3.8, 4) is 0 Å². The number of nitrogens with two attached hydrogens (primary N) is 1. The Morgan fingerprint density at radius 1 is 0.892 bits per heavy atom. The highest BCUT2D eigenvalue weighted by molar-refractivity contribution is 7.52. The van der Waals surface area contributed by atoms with E-state index in [-0.39, 0.29) is 19.6 Å². The summed E-state index contributed by atoms with van der Waals surface area (Å²) in [6.07, 6.45) is -0.724. The van der Waals surface area contributed by atoms with E-state index in [1.807, 2.05) is 20.8 Å². The van der Waals surface area contributed by atoms with Gasteiger partial charge in [0, 0.05) is 7.05 Å². The van der Waals surface area contributed by atoms with Crippen LogP contribution >= 0.6 is 7.75 Å². The lowest BCUT2D eigenvalue weighted by molar-refractivity contribution is -0.141. The molecule has 37 heavy (non-hydrogen) atoms. The van der Waals surface area contributed by atoms with Gasteiger partial charge in [-0.15, -0.1) is 4.76 Å². The molecule has 0 aromatic rings. The van der Waals surface area contributed by atoms with Gasteiger partial charge in [-0.3, -0.25) is 0 Å². The predicted molar refractivity (Wildman–Crippen MR) is 134 cm³/mol. The molecule has 0 amide bonds. The third kappa shape index (κ3) is 15.3. The van der Waals surface area contributed by atoms with Crippen LogP contribution in [0.3, 0.4) is 0 Å². The lowest BCUT2D eigenvalue weighted by atomic mass is 10.1. The minimum Gasteiger partial charge on any atom is -0.480 e. The fourth-order valence-corrected chi connectivity index (χ4v) is 4.04. The summed E-state index contributed by atoms with van der Waals surface area (Å²) in [4.78, 5) is 36.5. The van der Waals surface area contributed by atoms with Gasteiger partial charge in [-0.25, -0.2) is 28.0 Å². The molecule has 0 fully saturated rings. The van der Waals surface area contributed by atoms with Crippen LogP contribution in [0.5, 0.6) is 0 Å². The first-order valence-corrected chi connectivity index (χ1v) is 13.8. The van der Waals surface area contributed by atoms with E-state index in [0.29, 0.717) is 19.3 Å². The van der Waals surface area contributed by atoms with Crippen molar-refractivity contribution in [1.29, 1.82) is 0 Å². The SMILES string of the molecule is CCCCOC(=O)OC(C)OP(=O)(N=C(N)N(C)C(CCCC)C(=O)O)OC(C)OC(=O)OCCCC. The van der Waals surface area contributed by atoms with Crippen molar-refractivity contribution in [2.75, 3.05) is 20.3 Å². The molecule has 0 aromatic carbocycles. The Balaban J connectivity index is 5.68. The summed E-state index contributed by atoms with van der Waals surface area (Å²) in [5, 5.41) is 9.56. The van der Waals surface area contributed by atoms with E-state index in [2.05, 4.69) is 4.76 Å². The lowest BCUT2D eigenvalue weighted by Gasteiger charge is -2.27. The molecule has 0 aliphatic rings. The molecule has 0 saturated heterocycles. The molecule has 0 bridgehead atoms. The Morgan fingerprint density at radius 2 is 1.32 bits per heavy atom. The van der Waals surface area contributed by atoms with E-state index in [9.17, 15) is 24.1 Å². The second kappa shape index (κ2) is 18.6. The summed E-state index contributed by atoms with van der Waals surface area (Å²) in [7, 11) is -3.30. The Hall–Kier alpha value is -2.57. The molecule has 0 spiro atoms. The fourth-order valence-electron chi connectivity index (χ4n) is 2.66. The van der Waals surface area contributed by atoms with Gasteiger partial charge in [-0.2, -0.15) is 0 Å². The van der Waals surface area contributed by atoms with Crippen LogP contribution in [0.15, 0.2) is 4.76 Å². The van der Waals surface area contributed by atoms with E-state index in [0.717, 1.165) is 24.2 Å². The average molecular weight is 556 g/mol. The number of hydrogen-bond acceptors (Lipinski definition) is 10. The fraction of sp³-hybridized carbons (Fsp3) is 0.818. The van der Waals surface area contributed by atoms with Gasteiger partial charge < -0.3 is 34.7 Å². The number of carboxylic acids is 1. The van der Waals surface area contributed by atoms with Gasteiger partial charge in [-0.05, 0) is 33.1 Å². The third-order valence-corrected chi connectivity index (χ3v) is 6.27. The number of aliphatic carboxylic acids is 1. The highest BCUT2D eigenvalue weighted by Gasteiger charge is 2.35. The second-order valence-corrected chi connectivity index (χ2v) is 9.58. The highest BCUT2D eigenvalue weighted by Crippen LogP contribution is 2.52. The van der Waals surface area contributed by atoms with E-state index >= 15 is 0 Å². The first-order valence-electron chi connectivity index (χ1n) is 12.3. The summed E-state index contributed by atoms with van der Waals surface area (Å²) in [6.45, 7) is 8.42. The topological polar surface area (TPSA) is 186 Å². The summed E-state index contributed by atoms with van der Waals surface area (Å²) in [5.74, 6) is -1.65. The van der Waals surface area contributed by atoms with Crippen molar-refractivity contribution in [1.82, 2.24) is 4.90 Å². The normalized spacial score (nSPS) is 15.6. The maximum absolute atomic E-state index is 13.5. The number of rotatable bonds is 18. The van der Waals surface area contributed by atoms with Crippen molar-refractivity contribution in [3.63, 3.8) is 0 Å². The summed E-state index contributed by atoms with van der Waals surface area (Å²) >= 11 is 0. The molecule has 3 atom stereocenters. The van der Waals surface area contributed by atoms with Gasteiger partial charge in [0.2, 0.25) is 18.5 Å². The summed E-state index contributed by atoms with van der Waals surface area (Å²) < 4.78 is 47.3. The molecule has 0 rings (SSSR count). The number of likely N-dealkylation sites (N-methyl/N-ethyl adjacent to an activating group) is 1. The highest BCUT2D eigenvalue weighted by atomic mass is 31.2. The van der Waals surface area contributed by atoms with Crippen molar-refractivity contribution in [3.05, 3.63) is 0 Å². The Labute approximate surface area is 218 Å². The number of carbonyl (C=O) groups is 3. The van der Waals surface area contributed by atoms with Gasteiger partial charge in [0.25, 0.3) is 0 Å². The summed E-state index contributed by atoms with van der Waals surface area (Å²) in [6, 6.07) is -1.07. The van der Waals surface area contributed by atoms with E-state index in [1.54, 1.807) is 0 Å². The molecule has 0 saturated carbocycles. The molecule has 0 aliphatic carbocycles. The van der Waals surface area contributed by atoms with Crippen molar-refractivity contribution in [2.45, 2.75) is 98.2 Å². The number of unbranched alkanes of at least 4 members (excludes halogenated alkanes) is 3. The Kier molecular flexibility index (Phi) is 17.3. The van der Waals surface area contributed by atoms with Crippen LogP contribution in [-0.4, -0.2) is 73.1 Å².